The molecule has 0 bridgehead atoms. The van der Waals surface area contributed by atoms with Crippen molar-refractivity contribution in [2.45, 2.75) is 0 Å². The molecule has 0 spiro atoms. The molecule has 2 rings (SSSR count). The monoisotopic (exact) mass is 256 g/mol. The van der Waals surface area contributed by atoms with E-state index in [1.165, 1.54) is 18.6 Å². The zero-order valence-corrected chi connectivity index (χ0v) is 10.4. The predicted octanol–water partition coefficient (Wildman–Crippen LogP) is 2.50. The fourth-order valence-corrected chi connectivity index (χ4v) is 1.40. The molecular formula is C15H12O4. The molecule has 4 heteroatoms. The number of hydrogen-bond donors (Lipinski definition) is 0. The van der Waals surface area contributed by atoms with Gasteiger partial charge >= 0.3 is 5.97 Å². The number of hydrogen-bond acceptors (Lipinski definition) is 4. The Labute approximate surface area is 110 Å². The lowest BCUT2D eigenvalue weighted by Gasteiger charge is -1.98. The van der Waals surface area contributed by atoms with Crippen molar-refractivity contribution < 1.29 is 18.7 Å². The van der Waals surface area contributed by atoms with Gasteiger partial charge in [-0.3, -0.25) is 0 Å². The van der Waals surface area contributed by atoms with Crippen LogP contribution in [0.15, 0.2) is 47.3 Å². The zero-order valence-electron chi connectivity index (χ0n) is 10.4. The summed E-state index contributed by atoms with van der Waals surface area (Å²) >= 11 is 0. The molecule has 1 heterocycles. The summed E-state index contributed by atoms with van der Waals surface area (Å²) in [5.41, 5.74) is 1.18. The van der Waals surface area contributed by atoms with E-state index in [1.54, 1.807) is 7.11 Å². The average Bonchev–Trinajstić information content (AvgIpc) is 2.98. The summed E-state index contributed by atoms with van der Waals surface area (Å²) in [4.78, 5) is 11.4. The maximum Gasteiger partial charge on any atom is 0.342 e. The van der Waals surface area contributed by atoms with E-state index >= 15 is 0 Å². The van der Waals surface area contributed by atoms with Crippen molar-refractivity contribution in [1.82, 2.24) is 0 Å². The SMILES string of the molecule is COc1cccc(C#CCOC(=O)c2ccoc2)c1. The van der Waals surface area contributed by atoms with Crippen molar-refractivity contribution in [3.05, 3.63) is 54.0 Å². The van der Waals surface area contributed by atoms with Gasteiger partial charge in [0.2, 0.25) is 0 Å². The van der Waals surface area contributed by atoms with Crippen LogP contribution >= 0.6 is 0 Å². The molecule has 0 aliphatic carbocycles. The quantitative estimate of drug-likeness (QED) is 0.625. The van der Waals surface area contributed by atoms with Crippen LogP contribution in [-0.2, 0) is 4.74 Å². The number of methoxy groups -OCH3 is 1. The smallest absolute Gasteiger partial charge is 0.342 e. The third kappa shape index (κ3) is 3.65. The molecule has 0 unspecified atom stereocenters. The molecule has 2 aromatic rings. The van der Waals surface area contributed by atoms with E-state index in [2.05, 4.69) is 11.8 Å². The number of ether oxygens (including phenoxy) is 2. The molecule has 19 heavy (non-hydrogen) atoms. The first kappa shape index (κ1) is 12.8. The van der Waals surface area contributed by atoms with Gasteiger partial charge in [-0.25, -0.2) is 4.79 Å². The van der Waals surface area contributed by atoms with E-state index in [0.717, 1.165) is 11.3 Å². The topological polar surface area (TPSA) is 48.7 Å². The summed E-state index contributed by atoms with van der Waals surface area (Å²) in [7, 11) is 1.60. The highest BCUT2D eigenvalue weighted by molar-refractivity contribution is 5.88. The van der Waals surface area contributed by atoms with Gasteiger partial charge in [0, 0.05) is 5.56 Å². The number of carbonyl (C=O) groups excluding carboxylic acids is 1. The molecule has 0 saturated heterocycles. The zero-order chi connectivity index (χ0) is 13.5. The van der Waals surface area contributed by atoms with Gasteiger partial charge < -0.3 is 13.9 Å². The van der Waals surface area contributed by atoms with E-state index in [9.17, 15) is 4.79 Å². The van der Waals surface area contributed by atoms with Crippen LogP contribution in [0, 0.1) is 11.8 Å². The number of benzene rings is 1. The lowest BCUT2D eigenvalue weighted by Crippen LogP contribution is -2.03. The maximum absolute atomic E-state index is 11.4. The third-order valence-corrected chi connectivity index (χ3v) is 2.33. The minimum atomic E-state index is -0.450. The Morgan fingerprint density at radius 1 is 1.37 bits per heavy atom. The molecule has 96 valence electrons. The molecule has 0 aliphatic heterocycles. The summed E-state index contributed by atoms with van der Waals surface area (Å²) in [5, 5.41) is 0. The lowest BCUT2D eigenvalue weighted by atomic mass is 10.2. The summed E-state index contributed by atoms with van der Waals surface area (Å²) in [5.74, 6) is 5.94. The first-order valence-corrected chi connectivity index (χ1v) is 5.62. The molecular weight excluding hydrogens is 244 g/mol. The number of rotatable bonds is 3. The minimum Gasteiger partial charge on any atom is -0.497 e. The van der Waals surface area contributed by atoms with Gasteiger partial charge in [0.05, 0.1) is 18.9 Å². The molecule has 4 nitrogen and oxygen atoms in total. The van der Waals surface area contributed by atoms with Crippen LogP contribution in [0.5, 0.6) is 5.75 Å². The van der Waals surface area contributed by atoms with Crippen molar-refractivity contribution in [1.29, 1.82) is 0 Å². The number of carbonyl (C=O) groups is 1. The van der Waals surface area contributed by atoms with E-state index in [-0.39, 0.29) is 6.61 Å². The van der Waals surface area contributed by atoms with Gasteiger partial charge in [0.15, 0.2) is 6.61 Å². The summed E-state index contributed by atoms with van der Waals surface area (Å²) in [6.07, 6.45) is 2.75. The second-order valence-corrected chi connectivity index (χ2v) is 3.62. The van der Waals surface area contributed by atoms with Crippen LogP contribution in [0.3, 0.4) is 0 Å². The molecule has 0 amide bonds. The van der Waals surface area contributed by atoms with Gasteiger partial charge in [0.25, 0.3) is 0 Å². The first-order valence-electron chi connectivity index (χ1n) is 5.62. The lowest BCUT2D eigenvalue weighted by molar-refractivity contribution is 0.0556. The molecule has 0 saturated carbocycles. The molecule has 0 atom stereocenters. The van der Waals surface area contributed by atoms with Crippen LogP contribution in [0.2, 0.25) is 0 Å². The van der Waals surface area contributed by atoms with Crippen molar-refractivity contribution in [3.8, 4) is 17.6 Å². The minimum absolute atomic E-state index is 0.0290. The summed E-state index contributed by atoms with van der Waals surface area (Å²) < 4.78 is 14.8. The van der Waals surface area contributed by atoms with Crippen LogP contribution in [0.1, 0.15) is 15.9 Å². The molecule has 0 radical (unpaired) electrons. The highest BCUT2D eigenvalue weighted by Gasteiger charge is 2.06. The Hall–Kier alpha value is -2.67. The van der Waals surface area contributed by atoms with Crippen molar-refractivity contribution in [2.75, 3.05) is 13.7 Å². The summed E-state index contributed by atoms with van der Waals surface area (Å²) in [6.45, 7) is 0.0290. The van der Waals surface area contributed by atoms with Crippen LogP contribution in [-0.4, -0.2) is 19.7 Å². The Morgan fingerprint density at radius 2 is 2.26 bits per heavy atom. The summed E-state index contributed by atoms with van der Waals surface area (Å²) in [6, 6.07) is 8.89. The van der Waals surface area contributed by atoms with Gasteiger partial charge in [-0.15, -0.1) is 0 Å². The third-order valence-electron chi connectivity index (χ3n) is 2.33. The fraction of sp³-hybridized carbons (Fsp3) is 0.133. The maximum atomic E-state index is 11.4. The number of esters is 1. The van der Waals surface area contributed by atoms with Gasteiger partial charge in [0.1, 0.15) is 12.0 Å². The van der Waals surface area contributed by atoms with Crippen molar-refractivity contribution in [2.24, 2.45) is 0 Å². The number of furan rings is 1. The van der Waals surface area contributed by atoms with E-state index in [1.807, 2.05) is 24.3 Å². The van der Waals surface area contributed by atoms with Gasteiger partial charge in [-0.05, 0) is 24.3 Å². The second-order valence-electron chi connectivity index (χ2n) is 3.62. The van der Waals surface area contributed by atoms with Crippen molar-refractivity contribution in [3.63, 3.8) is 0 Å². The van der Waals surface area contributed by atoms with E-state index in [0.29, 0.717) is 5.56 Å². The molecule has 0 aliphatic rings. The first-order chi connectivity index (χ1) is 9.29. The highest BCUT2D eigenvalue weighted by atomic mass is 16.5. The largest absolute Gasteiger partial charge is 0.497 e. The van der Waals surface area contributed by atoms with Gasteiger partial charge in [-0.1, -0.05) is 17.9 Å². The average molecular weight is 256 g/mol. The Morgan fingerprint density at radius 3 is 3.00 bits per heavy atom. The van der Waals surface area contributed by atoms with Crippen LogP contribution in [0.25, 0.3) is 0 Å². The fourth-order valence-electron chi connectivity index (χ4n) is 1.40. The Bertz CT molecular complexity index is 603. The molecule has 1 aromatic carbocycles. The van der Waals surface area contributed by atoms with E-state index < -0.39 is 5.97 Å². The predicted molar refractivity (Wildman–Crippen MR) is 68.9 cm³/mol. The van der Waals surface area contributed by atoms with Crippen LogP contribution in [0.4, 0.5) is 0 Å². The normalized spacial score (nSPS) is 9.32. The molecule has 1 aromatic heterocycles. The molecule has 0 N–H and O–H groups in total. The second kappa shape index (κ2) is 6.31. The Balaban J connectivity index is 1.89. The van der Waals surface area contributed by atoms with Gasteiger partial charge in [-0.2, -0.15) is 0 Å². The molecule has 0 fully saturated rings. The highest BCUT2D eigenvalue weighted by Crippen LogP contribution is 2.11. The van der Waals surface area contributed by atoms with Crippen LogP contribution < -0.4 is 4.74 Å². The van der Waals surface area contributed by atoms with Crippen molar-refractivity contribution >= 4 is 5.97 Å². The standard InChI is InChI=1S/C15H12O4/c1-17-14-6-2-4-12(10-14)5-3-8-19-15(16)13-7-9-18-11-13/h2,4,6-7,9-11H,8H2,1H3. The Kier molecular flexibility index (Phi) is 4.25. The van der Waals surface area contributed by atoms with E-state index in [4.69, 9.17) is 13.9 Å².